The van der Waals surface area contributed by atoms with Crippen molar-refractivity contribution in [3.05, 3.63) is 0 Å². The monoisotopic (exact) mass is 202 g/mol. The molecule has 13 heavy (non-hydrogen) atoms. The van der Waals surface area contributed by atoms with Crippen molar-refractivity contribution in [2.75, 3.05) is 25.5 Å². The second kappa shape index (κ2) is 5.99. The molecule has 5 heteroatoms. The molecule has 1 heterocycles. The molecule has 0 radical (unpaired) electrons. The molecule has 1 amide bonds. The molecule has 0 saturated heterocycles. The first-order valence-corrected chi connectivity index (χ1v) is 5.36. The van der Waals surface area contributed by atoms with Crippen LogP contribution >= 0.6 is 11.8 Å². The van der Waals surface area contributed by atoms with E-state index in [1.54, 1.807) is 11.8 Å². The van der Waals surface area contributed by atoms with Gasteiger partial charge in [-0.2, -0.15) is 0 Å². The SMILES string of the molecule is CCOCCC(=O)NC1=NCCS1. The summed E-state index contributed by atoms with van der Waals surface area (Å²) in [5.74, 6) is 0.961. The van der Waals surface area contributed by atoms with Crippen molar-refractivity contribution in [2.45, 2.75) is 13.3 Å². The molecule has 0 aromatic rings. The lowest BCUT2D eigenvalue weighted by Gasteiger charge is -2.03. The van der Waals surface area contributed by atoms with Crippen LogP contribution in [-0.2, 0) is 9.53 Å². The number of nitrogens with one attached hydrogen (secondary N) is 1. The Labute approximate surface area is 82.1 Å². The summed E-state index contributed by atoms with van der Waals surface area (Å²) in [6.07, 6.45) is 0.410. The van der Waals surface area contributed by atoms with Crippen molar-refractivity contribution in [1.29, 1.82) is 0 Å². The minimum atomic E-state index is -0.0124. The number of hydrogen-bond donors (Lipinski definition) is 1. The van der Waals surface area contributed by atoms with Gasteiger partial charge in [-0.1, -0.05) is 11.8 Å². The van der Waals surface area contributed by atoms with Gasteiger partial charge in [0.05, 0.1) is 19.6 Å². The Morgan fingerprint density at radius 1 is 1.77 bits per heavy atom. The van der Waals surface area contributed by atoms with E-state index >= 15 is 0 Å². The molecule has 0 atom stereocenters. The molecule has 4 nitrogen and oxygen atoms in total. The third-order valence-corrected chi connectivity index (χ3v) is 2.40. The fraction of sp³-hybridized carbons (Fsp3) is 0.750. The first-order valence-electron chi connectivity index (χ1n) is 4.37. The molecule has 0 bridgehead atoms. The van der Waals surface area contributed by atoms with E-state index in [0.29, 0.717) is 19.6 Å². The van der Waals surface area contributed by atoms with Crippen LogP contribution in [0.15, 0.2) is 4.99 Å². The summed E-state index contributed by atoms with van der Waals surface area (Å²) in [7, 11) is 0. The number of amides is 1. The van der Waals surface area contributed by atoms with Crippen LogP contribution < -0.4 is 5.32 Å². The lowest BCUT2D eigenvalue weighted by atomic mass is 10.4. The zero-order valence-corrected chi connectivity index (χ0v) is 8.52. The number of rotatable bonds is 4. The van der Waals surface area contributed by atoms with Crippen molar-refractivity contribution in [3.8, 4) is 0 Å². The molecule has 0 aliphatic carbocycles. The maximum atomic E-state index is 11.2. The molecule has 0 unspecified atom stereocenters. The number of ether oxygens (including phenoxy) is 1. The predicted molar refractivity (Wildman–Crippen MR) is 54.0 cm³/mol. The second-order valence-electron chi connectivity index (χ2n) is 2.53. The summed E-state index contributed by atoms with van der Waals surface area (Å²) in [5.41, 5.74) is 0. The minimum Gasteiger partial charge on any atom is -0.381 e. The number of amidine groups is 1. The Balaban J connectivity index is 2.10. The van der Waals surface area contributed by atoms with Crippen LogP contribution in [0.2, 0.25) is 0 Å². The summed E-state index contributed by atoms with van der Waals surface area (Å²) >= 11 is 1.59. The first kappa shape index (κ1) is 10.5. The Morgan fingerprint density at radius 2 is 2.62 bits per heavy atom. The highest BCUT2D eigenvalue weighted by Gasteiger charge is 2.09. The smallest absolute Gasteiger partial charge is 0.228 e. The van der Waals surface area contributed by atoms with Crippen molar-refractivity contribution in [2.24, 2.45) is 4.99 Å². The van der Waals surface area contributed by atoms with Gasteiger partial charge in [-0.25, -0.2) is 0 Å². The Kier molecular flexibility index (Phi) is 4.85. The molecule has 0 aromatic carbocycles. The molecule has 1 N–H and O–H groups in total. The molecule has 1 aliphatic heterocycles. The van der Waals surface area contributed by atoms with Gasteiger partial charge in [0.25, 0.3) is 0 Å². The highest BCUT2D eigenvalue weighted by molar-refractivity contribution is 8.14. The third kappa shape index (κ3) is 4.28. The van der Waals surface area contributed by atoms with E-state index in [0.717, 1.165) is 17.5 Å². The largest absolute Gasteiger partial charge is 0.381 e. The standard InChI is InChI=1S/C8H14N2O2S/c1-2-12-5-3-7(11)10-8-9-4-6-13-8/h2-6H2,1H3,(H,9,10,11). The quantitative estimate of drug-likeness (QED) is 0.680. The summed E-state index contributed by atoms with van der Waals surface area (Å²) in [6.45, 7) is 3.86. The topological polar surface area (TPSA) is 50.7 Å². The number of hydrogen-bond acceptors (Lipinski definition) is 4. The summed E-state index contributed by atoms with van der Waals surface area (Å²) in [5, 5.41) is 3.48. The Hall–Kier alpha value is -0.550. The molecule has 0 aromatic heterocycles. The van der Waals surface area contributed by atoms with E-state index in [-0.39, 0.29) is 5.91 Å². The zero-order chi connectivity index (χ0) is 9.52. The highest BCUT2D eigenvalue weighted by Crippen LogP contribution is 2.08. The van der Waals surface area contributed by atoms with Gasteiger partial charge in [0.15, 0.2) is 5.17 Å². The van der Waals surface area contributed by atoms with E-state index in [1.165, 1.54) is 0 Å². The molecular formula is C8H14N2O2S. The third-order valence-electron chi connectivity index (χ3n) is 1.51. The first-order chi connectivity index (χ1) is 6.33. The van der Waals surface area contributed by atoms with Gasteiger partial charge in [-0.3, -0.25) is 9.79 Å². The summed E-state index contributed by atoms with van der Waals surface area (Å²) < 4.78 is 5.06. The van der Waals surface area contributed by atoms with Crippen LogP contribution in [-0.4, -0.2) is 36.6 Å². The summed E-state index contributed by atoms with van der Waals surface area (Å²) in [4.78, 5) is 15.3. The normalized spacial score (nSPS) is 15.6. The van der Waals surface area contributed by atoms with Gasteiger partial charge < -0.3 is 10.1 Å². The fourth-order valence-electron chi connectivity index (χ4n) is 0.902. The molecule has 1 rings (SSSR count). The van der Waals surface area contributed by atoms with Crippen LogP contribution in [0.4, 0.5) is 0 Å². The molecule has 1 aliphatic rings. The lowest BCUT2D eigenvalue weighted by molar-refractivity contribution is -0.120. The minimum absolute atomic E-state index is 0.0124. The molecule has 0 spiro atoms. The number of aliphatic imine (C=N–C) groups is 1. The molecule has 0 fully saturated rings. The predicted octanol–water partition coefficient (Wildman–Crippen LogP) is 0.632. The molecular weight excluding hydrogens is 188 g/mol. The van der Waals surface area contributed by atoms with Gasteiger partial charge >= 0.3 is 0 Å². The summed E-state index contributed by atoms with van der Waals surface area (Å²) in [6, 6.07) is 0. The Morgan fingerprint density at radius 3 is 3.23 bits per heavy atom. The maximum Gasteiger partial charge on any atom is 0.228 e. The van der Waals surface area contributed by atoms with Crippen LogP contribution in [0, 0.1) is 0 Å². The van der Waals surface area contributed by atoms with E-state index in [2.05, 4.69) is 10.3 Å². The number of nitrogens with zero attached hydrogens (tertiary/aromatic N) is 1. The Bertz CT molecular complexity index is 206. The van der Waals surface area contributed by atoms with Gasteiger partial charge in [-0.15, -0.1) is 0 Å². The second-order valence-corrected chi connectivity index (χ2v) is 3.61. The van der Waals surface area contributed by atoms with E-state index in [1.807, 2.05) is 6.92 Å². The van der Waals surface area contributed by atoms with Crippen LogP contribution in [0.3, 0.4) is 0 Å². The van der Waals surface area contributed by atoms with Crippen molar-refractivity contribution in [1.82, 2.24) is 5.32 Å². The van der Waals surface area contributed by atoms with E-state index in [4.69, 9.17) is 4.74 Å². The van der Waals surface area contributed by atoms with Crippen molar-refractivity contribution in [3.63, 3.8) is 0 Å². The average Bonchev–Trinajstić information content (AvgIpc) is 2.57. The van der Waals surface area contributed by atoms with Gasteiger partial charge in [0.1, 0.15) is 0 Å². The van der Waals surface area contributed by atoms with Crippen molar-refractivity contribution < 1.29 is 9.53 Å². The zero-order valence-electron chi connectivity index (χ0n) is 7.71. The highest BCUT2D eigenvalue weighted by atomic mass is 32.2. The number of carbonyl (C=O) groups excluding carboxylic acids is 1. The van der Waals surface area contributed by atoms with Crippen LogP contribution in [0.1, 0.15) is 13.3 Å². The molecule has 74 valence electrons. The van der Waals surface area contributed by atoms with Crippen LogP contribution in [0.5, 0.6) is 0 Å². The molecule has 0 saturated carbocycles. The number of thioether (sulfide) groups is 1. The van der Waals surface area contributed by atoms with Crippen molar-refractivity contribution >= 4 is 22.8 Å². The van der Waals surface area contributed by atoms with Gasteiger partial charge in [-0.05, 0) is 6.92 Å². The van der Waals surface area contributed by atoms with Gasteiger partial charge in [0.2, 0.25) is 5.91 Å². The van der Waals surface area contributed by atoms with E-state index < -0.39 is 0 Å². The fourth-order valence-corrected chi connectivity index (χ4v) is 1.65. The van der Waals surface area contributed by atoms with Crippen LogP contribution in [0.25, 0.3) is 0 Å². The average molecular weight is 202 g/mol. The lowest BCUT2D eigenvalue weighted by Crippen LogP contribution is -2.28. The van der Waals surface area contributed by atoms with Gasteiger partial charge in [0, 0.05) is 12.4 Å². The van der Waals surface area contributed by atoms with E-state index in [9.17, 15) is 4.79 Å². The maximum absolute atomic E-state index is 11.2. The number of carbonyl (C=O) groups is 1.